The van der Waals surface area contributed by atoms with Crippen LogP contribution in [-0.4, -0.2) is 47.1 Å². The molecule has 0 amide bonds. The van der Waals surface area contributed by atoms with Crippen molar-refractivity contribution in [2.24, 2.45) is 0 Å². The molecule has 0 aliphatic heterocycles. The number of likely N-dealkylation sites (N-methyl/N-ethyl adjacent to an activating group) is 1. The molecule has 0 radical (unpaired) electrons. The van der Waals surface area contributed by atoms with Gasteiger partial charge in [0, 0.05) is 50.6 Å². The molecule has 5 heteroatoms. The maximum Gasteiger partial charge on any atom is 0.0663 e. The van der Waals surface area contributed by atoms with Crippen molar-refractivity contribution in [1.82, 2.24) is 5.32 Å². The number of halogens is 1. The van der Waals surface area contributed by atoms with Crippen molar-refractivity contribution < 1.29 is 9.47 Å². The third kappa shape index (κ3) is 5.40. The fourth-order valence-corrected chi connectivity index (χ4v) is 2.35. The molecule has 0 aromatic heterocycles. The zero-order chi connectivity index (χ0) is 15.0. The SMILES string of the molecule is COCCNCc1ccc(Br)cc1N(C)C(C)COC. The van der Waals surface area contributed by atoms with Crippen molar-refractivity contribution >= 4 is 21.6 Å². The number of nitrogens with zero attached hydrogens (tertiary/aromatic N) is 1. The molecule has 0 fully saturated rings. The van der Waals surface area contributed by atoms with E-state index in [-0.39, 0.29) is 0 Å². The molecule has 0 spiro atoms. The van der Waals surface area contributed by atoms with E-state index in [1.807, 2.05) is 0 Å². The van der Waals surface area contributed by atoms with Crippen molar-refractivity contribution in [2.75, 3.05) is 45.9 Å². The molecular weight excluding hydrogens is 320 g/mol. The molecule has 0 aliphatic rings. The van der Waals surface area contributed by atoms with E-state index in [1.165, 1.54) is 11.3 Å². The Hall–Kier alpha value is -0.620. The number of hydrogen-bond acceptors (Lipinski definition) is 4. The highest BCUT2D eigenvalue weighted by Gasteiger charge is 2.13. The lowest BCUT2D eigenvalue weighted by Crippen LogP contribution is -2.33. The molecular formula is C15H25BrN2O2. The first-order valence-corrected chi connectivity index (χ1v) is 7.59. The van der Waals surface area contributed by atoms with E-state index >= 15 is 0 Å². The summed E-state index contributed by atoms with van der Waals surface area (Å²) in [4.78, 5) is 2.25. The van der Waals surface area contributed by atoms with Gasteiger partial charge in [-0.2, -0.15) is 0 Å². The van der Waals surface area contributed by atoms with E-state index in [2.05, 4.69) is 58.3 Å². The van der Waals surface area contributed by atoms with Gasteiger partial charge in [0.05, 0.1) is 13.2 Å². The molecule has 4 nitrogen and oxygen atoms in total. The van der Waals surface area contributed by atoms with E-state index in [0.29, 0.717) is 12.6 Å². The number of nitrogens with one attached hydrogen (secondary N) is 1. The lowest BCUT2D eigenvalue weighted by atomic mass is 10.1. The zero-order valence-electron chi connectivity index (χ0n) is 12.8. The fourth-order valence-electron chi connectivity index (χ4n) is 2.00. The third-order valence-corrected chi connectivity index (χ3v) is 3.79. The van der Waals surface area contributed by atoms with Crippen molar-refractivity contribution in [2.45, 2.75) is 19.5 Å². The second-order valence-electron chi connectivity index (χ2n) is 4.86. The summed E-state index contributed by atoms with van der Waals surface area (Å²) in [7, 11) is 5.55. The number of methoxy groups -OCH3 is 2. The molecule has 1 rings (SSSR count). The van der Waals surface area contributed by atoms with E-state index < -0.39 is 0 Å². The van der Waals surface area contributed by atoms with Gasteiger partial charge in [0.2, 0.25) is 0 Å². The van der Waals surface area contributed by atoms with Crippen LogP contribution in [0.15, 0.2) is 22.7 Å². The minimum absolute atomic E-state index is 0.326. The molecule has 1 aromatic rings. The van der Waals surface area contributed by atoms with Crippen LogP contribution < -0.4 is 10.2 Å². The molecule has 0 saturated carbocycles. The Morgan fingerprint density at radius 3 is 2.70 bits per heavy atom. The van der Waals surface area contributed by atoms with Crippen LogP contribution in [-0.2, 0) is 16.0 Å². The van der Waals surface area contributed by atoms with Crippen molar-refractivity contribution in [3.8, 4) is 0 Å². The number of anilines is 1. The summed E-state index contributed by atoms with van der Waals surface area (Å²) in [6.45, 7) is 5.27. The largest absolute Gasteiger partial charge is 0.383 e. The van der Waals surface area contributed by atoms with Crippen LogP contribution in [0.5, 0.6) is 0 Å². The van der Waals surface area contributed by atoms with Crippen LogP contribution in [0, 0.1) is 0 Å². The fraction of sp³-hybridized carbons (Fsp3) is 0.600. The van der Waals surface area contributed by atoms with Gasteiger partial charge < -0.3 is 19.7 Å². The Kier molecular flexibility index (Phi) is 8.14. The minimum atomic E-state index is 0.326. The quantitative estimate of drug-likeness (QED) is 0.698. The van der Waals surface area contributed by atoms with Gasteiger partial charge in [-0.1, -0.05) is 22.0 Å². The molecule has 0 heterocycles. The van der Waals surface area contributed by atoms with Gasteiger partial charge >= 0.3 is 0 Å². The number of ether oxygens (including phenoxy) is 2. The average Bonchev–Trinajstić information content (AvgIpc) is 2.44. The molecule has 1 N–H and O–H groups in total. The van der Waals surface area contributed by atoms with Gasteiger partial charge in [0.1, 0.15) is 0 Å². The molecule has 0 bridgehead atoms. The van der Waals surface area contributed by atoms with Crippen LogP contribution in [0.3, 0.4) is 0 Å². The normalized spacial score (nSPS) is 12.4. The van der Waals surface area contributed by atoms with E-state index in [0.717, 1.165) is 24.2 Å². The second kappa shape index (κ2) is 9.34. The Bertz CT molecular complexity index is 401. The number of benzene rings is 1. The first kappa shape index (κ1) is 17.4. The first-order valence-electron chi connectivity index (χ1n) is 6.80. The zero-order valence-corrected chi connectivity index (χ0v) is 14.4. The molecule has 1 atom stereocenters. The van der Waals surface area contributed by atoms with Crippen LogP contribution in [0.25, 0.3) is 0 Å². The summed E-state index contributed by atoms with van der Waals surface area (Å²) in [5.41, 5.74) is 2.49. The van der Waals surface area contributed by atoms with E-state index in [4.69, 9.17) is 9.47 Å². The van der Waals surface area contributed by atoms with Crippen molar-refractivity contribution in [3.05, 3.63) is 28.2 Å². The van der Waals surface area contributed by atoms with Crippen molar-refractivity contribution in [3.63, 3.8) is 0 Å². The summed E-state index contributed by atoms with van der Waals surface area (Å²) >= 11 is 3.55. The highest BCUT2D eigenvalue weighted by atomic mass is 79.9. The van der Waals surface area contributed by atoms with Crippen LogP contribution in [0.4, 0.5) is 5.69 Å². The number of rotatable bonds is 9. The Labute approximate surface area is 130 Å². The third-order valence-electron chi connectivity index (χ3n) is 3.29. The highest BCUT2D eigenvalue weighted by molar-refractivity contribution is 9.10. The second-order valence-corrected chi connectivity index (χ2v) is 5.77. The van der Waals surface area contributed by atoms with Crippen molar-refractivity contribution in [1.29, 1.82) is 0 Å². The lowest BCUT2D eigenvalue weighted by Gasteiger charge is -2.29. The Morgan fingerprint density at radius 2 is 2.05 bits per heavy atom. The first-order chi connectivity index (χ1) is 9.60. The van der Waals surface area contributed by atoms with Crippen LogP contribution in [0.2, 0.25) is 0 Å². The maximum atomic E-state index is 5.24. The number of hydrogen-bond donors (Lipinski definition) is 1. The smallest absolute Gasteiger partial charge is 0.0663 e. The summed E-state index contributed by atoms with van der Waals surface area (Å²) in [5, 5.41) is 3.39. The average molecular weight is 345 g/mol. The summed E-state index contributed by atoms with van der Waals surface area (Å²) in [6.07, 6.45) is 0. The van der Waals surface area contributed by atoms with E-state index in [9.17, 15) is 0 Å². The predicted octanol–water partition coefficient (Wildman–Crippen LogP) is 2.66. The monoisotopic (exact) mass is 344 g/mol. The van der Waals surface area contributed by atoms with Gasteiger partial charge in [-0.25, -0.2) is 0 Å². The predicted molar refractivity (Wildman–Crippen MR) is 87.5 cm³/mol. The summed E-state index contributed by atoms with van der Waals surface area (Å²) in [6, 6.07) is 6.70. The Morgan fingerprint density at radius 1 is 1.30 bits per heavy atom. The minimum Gasteiger partial charge on any atom is -0.383 e. The molecule has 114 valence electrons. The summed E-state index contributed by atoms with van der Waals surface area (Å²) < 4.78 is 11.4. The molecule has 1 unspecified atom stereocenters. The van der Waals surface area contributed by atoms with E-state index in [1.54, 1.807) is 14.2 Å². The molecule has 0 saturated heterocycles. The standard InChI is InChI=1S/C15H25BrN2O2/c1-12(11-20-4)18(2)15-9-14(16)6-5-13(15)10-17-7-8-19-3/h5-6,9,12,17H,7-8,10-11H2,1-4H3. The van der Waals surface area contributed by atoms with Gasteiger partial charge in [0.15, 0.2) is 0 Å². The summed E-state index contributed by atoms with van der Waals surface area (Å²) in [5.74, 6) is 0. The molecule has 1 aromatic carbocycles. The van der Waals surface area contributed by atoms with Crippen LogP contribution in [0.1, 0.15) is 12.5 Å². The maximum absolute atomic E-state index is 5.24. The van der Waals surface area contributed by atoms with Crippen LogP contribution >= 0.6 is 15.9 Å². The Balaban J connectivity index is 2.78. The topological polar surface area (TPSA) is 33.7 Å². The van der Waals surface area contributed by atoms with Gasteiger partial charge in [-0.05, 0) is 24.6 Å². The highest BCUT2D eigenvalue weighted by Crippen LogP contribution is 2.26. The lowest BCUT2D eigenvalue weighted by molar-refractivity contribution is 0.183. The molecule has 0 aliphatic carbocycles. The van der Waals surface area contributed by atoms with Gasteiger partial charge in [0.25, 0.3) is 0 Å². The molecule has 20 heavy (non-hydrogen) atoms. The van der Waals surface area contributed by atoms with Gasteiger partial charge in [-0.15, -0.1) is 0 Å². The van der Waals surface area contributed by atoms with Gasteiger partial charge in [-0.3, -0.25) is 0 Å².